The highest BCUT2D eigenvalue weighted by Crippen LogP contribution is 2.65. The van der Waals surface area contributed by atoms with Crippen LogP contribution in [0, 0.1) is 11.8 Å². The number of carbonyl (C=O) groups excluding carboxylic acids is 3. The van der Waals surface area contributed by atoms with Gasteiger partial charge in [0.25, 0.3) is 0 Å². The molecule has 1 aromatic rings. The first-order valence-electron chi connectivity index (χ1n) is 14.4. The highest BCUT2D eigenvalue weighted by Gasteiger charge is 2.73. The smallest absolute Gasteiger partial charge is 0.247 e. The maximum atomic E-state index is 14.4. The molecule has 1 N–H and O–H groups in total. The lowest BCUT2D eigenvalue weighted by Crippen LogP contribution is -2.55. The number of hydrogen-bond acceptors (Lipinski definition) is 5. The van der Waals surface area contributed by atoms with Gasteiger partial charge in [-0.05, 0) is 38.7 Å². The van der Waals surface area contributed by atoms with Crippen molar-refractivity contribution < 1.29 is 19.5 Å². The monoisotopic (exact) mass is 551 g/mol. The molecule has 6 atom stereocenters. The Balaban J connectivity index is 1.56. The molecule has 2 fully saturated rings. The van der Waals surface area contributed by atoms with Gasteiger partial charge in [0, 0.05) is 43.6 Å². The van der Waals surface area contributed by atoms with E-state index in [9.17, 15) is 19.5 Å². The van der Waals surface area contributed by atoms with Crippen molar-refractivity contribution in [2.45, 2.75) is 74.6 Å². The quantitative estimate of drug-likeness (QED) is 0.375. The Morgan fingerprint density at radius 3 is 2.46 bits per heavy atom. The Bertz CT molecular complexity index is 1160. The van der Waals surface area contributed by atoms with Crippen LogP contribution in [0.4, 0.5) is 0 Å². The number of aliphatic hydroxyl groups is 1. The minimum atomic E-state index is -0.816. The molecule has 0 saturated carbocycles. The molecular formula is C31H41N3O4S. The molecule has 210 valence electrons. The molecule has 39 heavy (non-hydrogen) atoms. The predicted molar refractivity (Wildman–Crippen MR) is 154 cm³/mol. The van der Waals surface area contributed by atoms with Crippen molar-refractivity contribution >= 4 is 29.5 Å². The molecule has 7 nitrogen and oxygen atoms in total. The Morgan fingerprint density at radius 2 is 1.74 bits per heavy atom. The van der Waals surface area contributed by atoms with Crippen LogP contribution in [-0.4, -0.2) is 85.3 Å². The molecule has 0 radical (unpaired) electrons. The summed E-state index contributed by atoms with van der Waals surface area (Å²) >= 11 is 1.63. The fraction of sp³-hybridized carbons (Fsp3) is 0.581. The van der Waals surface area contributed by atoms with E-state index in [0.29, 0.717) is 39.0 Å². The summed E-state index contributed by atoms with van der Waals surface area (Å²) in [6, 6.07) is 9.34. The minimum absolute atomic E-state index is 0.0219. The van der Waals surface area contributed by atoms with E-state index in [1.165, 1.54) is 0 Å². The van der Waals surface area contributed by atoms with Crippen LogP contribution in [0.2, 0.25) is 0 Å². The van der Waals surface area contributed by atoms with Crippen LogP contribution >= 0.6 is 11.8 Å². The predicted octanol–water partition coefficient (Wildman–Crippen LogP) is 3.63. The first-order valence-corrected chi connectivity index (χ1v) is 15.2. The van der Waals surface area contributed by atoms with E-state index in [2.05, 4.69) is 45.1 Å². The molecule has 1 aromatic carbocycles. The molecule has 3 amide bonds. The fourth-order valence-electron chi connectivity index (χ4n) is 7.14. The summed E-state index contributed by atoms with van der Waals surface area (Å²) < 4.78 is -1.42. The number of aliphatic hydroxyl groups excluding tert-OH is 1. The van der Waals surface area contributed by atoms with Crippen LogP contribution < -0.4 is 0 Å². The van der Waals surface area contributed by atoms with Gasteiger partial charge in [0.1, 0.15) is 6.04 Å². The molecule has 4 aliphatic rings. The number of nitrogens with zero attached hydrogens (tertiary/aromatic N) is 3. The summed E-state index contributed by atoms with van der Waals surface area (Å²) in [7, 11) is 0. The van der Waals surface area contributed by atoms with Gasteiger partial charge in [0.2, 0.25) is 17.7 Å². The van der Waals surface area contributed by atoms with Gasteiger partial charge in [-0.3, -0.25) is 14.4 Å². The second-order valence-electron chi connectivity index (χ2n) is 11.6. The number of fused-ring (bicyclic) bond motifs is 2. The first-order chi connectivity index (χ1) is 18.8. The third kappa shape index (κ3) is 4.73. The zero-order valence-corrected chi connectivity index (χ0v) is 24.1. The van der Waals surface area contributed by atoms with E-state index in [1.807, 2.05) is 40.1 Å². The minimum Gasteiger partial charge on any atom is -0.396 e. The van der Waals surface area contributed by atoms with E-state index in [1.54, 1.807) is 16.7 Å². The molecule has 5 rings (SSSR count). The van der Waals surface area contributed by atoms with Crippen LogP contribution in [0.5, 0.6) is 0 Å². The van der Waals surface area contributed by atoms with E-state index >= 15 is 0 Å². The number of thioether (sulfide) groups is 1. The van der Waals surface area contributed by atoms with Crippen molar-refractivity contribution in [1.29, 1.82) is 0 Å². The lowest BCUT2D eigenvalue weighted by atomic mass is 9.74. The Morgan fingerprint density at radius 1 is 1.00 bits per heavy atom. The van der Waals surface area contributed by atoms with Crippen LogP contribution in [0.3, 0.4) is 0 Å². The summed E-state index contributed by atoms with van der Waals surface area (Å²) in [4.78, 5) is 48.6. The number of rotatable bonds is 9. The van der Waals surface area contributed by atoms with Crippen molar-refractivity contribution in [2.24, 2.45) is 11.8 Å². The van der Waals surface area contributed by atoms with E-state index in [-0.39, 0.29) is 30.4 Å². The summed E-state index contributed by atoms with van der Waals surface area (Å²) in [5.74, 6) is -1.34. The van der Waals surface area contributed by atoms with Crippen LogP contribution in [0.1, 0.15) is 52.0 Å². The first kappa shape index (κ1) is 28.0. The molecular weight excluding hydrogens is 510 g/mol. The molecule has 0 aliphatic carbocycles. The van der Waals surface area contributed by atoms with Crippen molar-refractivity contribution in [2.75, 3.05) is 26.2 Å². The van der Waals surface area contributed by atoms with Crippen LogP contribution in [0.15, 0.2) is 54.6 Å². The van der Waals surface area contributed by atoms with Crippen molar-refractivity contribution in [3.63, 3.8) is 0 Å². The highest BCUT2D eigenvalue weighted by molar-refractivity contribution is 8.02. The molecule has 2 unspecified atom stereocenters. The number of carbonyl (C=O) groups is 3. The van der Waals surface area contributed by atoms with Gasteiger partial charge < -0.3 is 19.8 Å². The van der Waals surface area contributed by atoms with Crippen molar-refractivity contribution in [3.05, 3.63) is 60.2 Å². The summed E-state index contributed by atoms with van der Waals surface area (Å²) in [5.41, 5.74) is 1.05. The van der Waals surface area contributed by atoms with Crippen molar-refractivity contribution in [3.8, 4) is 0 Å². The fourth-order valence-corrected chi connectivity index (χ4v) is 9.30. The van der Waals surface area contributed by atoms with Gasteiger partial charge in [-0.2, -0.15) is 0 Å². The van der Waals surface area contributed by atoms with Crippen LogP contribution in [0.25, 0.3) is 0 Å². The number of likely N-dealkylation sites (tertiary alicyclic amines) is 1. The second-order valence-corrected chi connectivity index (χ2v) is 13.4. The molecule has 8 heteroatoms. The molecule has 1 spiro atoms. The molecule has 0 bridgehead atoms. The van der Waals surface area contributed by atoms with Gasteiger partial charge in [0.05, 0.1) is 16.6 Å². The SMILES string of the molecule is CCCC(C)N1CC=C[C@]23S[C@]4(C)C=CCN(Cc5ccccc5)C(=O)[C@@H]4[C@H]2C(=O)N(CCCCO)C3C1=O. The normalized spacial score (nSPS) is 32.7. The molecule has 4 heterocycles. The van der Waals surface area contributed by atoms with Gasteiger partial charge in [-0.15, -0.1) is 11.8 Å². The lowest BCUT2D eigenvalue weighted by Gasteiger charge is -2.38. The summed E-state index contributed by atoms with van der Waals surface area (Å²) in [5, 5.41) is 9.42. The number of unbranched alkanes of at least 4 members (excludes halogenated alkanes) is 1. The van der Waals surface area contributed by atoms with E-state index < -0.39 is 27.4 Å². The third-order valence-corrected chi connectivity index (χ3v) is 10.7. The van der Waals surface area contributed by atoms with Crippen LogP contribution in [-0.2, 0) is 20.9 Å². The Kier molecular flexibility index (Phi) is 7.98. The second kappa shape index (κ2) is 11.1. The highest BCUT2D eigenvalue weighted by atomic mass is 32.2. The van der Waals surface area contributed by atoms with Gasteiger partial charge >= 0.3 is 0 Å². The zero-order valence-electron chi connectivity index (χ0n) is 23.3. The van der Waals surface area contributed by atoms with E-state index in [0.717, 1.165) is 18.4 Å². The van der Waals surface area contributed by atoms with Gasteiger partial charge in [-0.25, -0.2) is 0 Å². The van der Waals surface area contributed by atoms with Gasteiger partial charge in [-0.1, -0.05) is 68.0 Å². The maximum absolute atomic E-state index is 14.4. The summed E-state index contributed by atoms with van der Waals surface area (Å²) in [6.07, 6.45) is 11.4. The lowest BCUT2D eigenvalue weighted by molar-refractivity contribution is -0.145. The molecule has 0 aromatic heterocycles. The van der Waals surface area contributed by atoms with Crippen molar-refractivity contribution in [1.82, 2.24) is 14.7 Å². The van der Waals surface area contributed by atoms with Gasteiger partial charge in [0.15, 0.2) is 0 Å². The topological polar surface area (TPSA) is 81.2 Å². The van der Waals surface area contributed by atoms with E-state index in [4.69, 9.17) is 0 Å². The summed E-state index contributed by atoms with van der Waals surface area (Å²) in [6.45, 7) is 8.20. The number of benzene rings is 1. The number of hydrogen-bond donors (Lipinski definition) is 1. The Labute approximate surface area is 236 Å². The average molecular weight is 552 g/mol. The number of amides is 3. The third-order valence-electron chi connectivity index (χ3n) is 8.93. The molecule has 2 saturated heterocycles. The standard InChI is InChI=1S/C31H41N3O4S/c1-4-12-22(2)33-19-11-16-31-25(28(37)34(18-8-9-20-35)26(31)29(33)38)24-27(36)32(17-10-15-30(24,3)39-31)21-23-13-6-5-7-14-23/h5-7,10-11,13-16,22,24-26,35H,4,8-9,12,17-21H2,1-3H3/t22?,24-,25-,26?,30+,31-/m0/s1. The molecule has 4 aliphatic heterocycles. The largest absolute Gasteiger partial charge is 0.396 e. The maximum Gasteiger partial charge on any atom is 0.247 e. The average Bonchev–Trinajstić information content (AvgIpc) is 3.18. The Hall–Kier alpha value is -2.58. The zero-order chi connectivity index (χ0) is 27.8.